The van der Waals surface area contributed by atoms with Gasteiger partial charge in [0.25, 0.3) is 5.91 Å². The van der Waals surface area contributed by atoms with Gasteiger partial charge in [-0.3, -0.25) is 4.79 Å². The highest BCUT2D eigenvalue weighted by Gasteiger charge is 2.41. The Labute approximate surface area is 264 Å². The van der Waals surface area contributed by atoms with Gasteiger partial charge in [-0.1, -0.05) is 71.2 Å². The second-order valence-corrected chi connectivity index (χ2v) is 12.4. The van der Waals surface area contributed by atoms with Crippen LogP contribution in [0.1, 0.15) is 42.4 Å². The molecule has 1 saturated carbocycles. The van der Waals surface area contributed by atoms with Crippen molar-refractivity contribution in [1.82, 2.24) is 10.2 Å². The molecule has 2 atom stereocenters. The number of morpholine rings is 1. The van der Waals surface area contributed by atoms with Crippen molar-refractivity contribution >= 4 is 46.3 Å². The number of hydrogen-bond acceptors (Lipinski definition) is 4. The van der Waals surface area contributed by atoms with E-state index in [2.05, 4.69) is 17.4 Å². The zero-order valence-electron chi connectivity index (χ0n) is 23.4. The molecular formula is C33H31Cl3F2N2O3. The first-order valence-electron chi connectivity index (χ1n) is 14.5. The van der Waals surface area contributed by atoms with Crippen LogP contribution in [0.3, 0.4) is 0 Å². The van der Waals surface area contributed by atoms with Gasteiger partial charge >= 0.3 is 0 Å². The van der Waals surface area contributed by atoms with E-state index in [4.69, 9.17) is 44.3 Å². The maximum Gasteiger partial charge on any atom is 0.252 e. The fourth-order valence-corrected chi connectivity index (χ4v) is 6.42. The Morgan fingerprint density at radius 3 is 2.51 bits per heavy atom. The second kappa shape index (κ2) is 13.1. The summed E-state index contributed by atoms with van der Waals surface area (Å²) < 4.78 is 39.0. The number of carbonyl (C=O) groups excluding carboxylic acids is 1. The van der Waals surface area contributed by atoms with Crippen LogP contribution in [-0.2, 0) is 22.5 Å². The molecular weight excluding hydrogens is 617 g/mol. The molecule has 5 nitrogen and oxygen atoms in total. The molecule has 1 N–H and O–H groups in total. The lowest BCUT2D eigenvalue weighted by Crippen LogP contribution is -2.55. The van der Waals surface area contributed by atoms with E-state index in [1.54, 1.807) is 6.07 Å². The Balaban J connectivity index is 1.20. The molecule has 1 amide bonds. The molecule has 0 radical (unpaired) electrons. The summed E-state index contributed by atoms with van der Waals surface area (Å²) in [5, 5.41) is 4.20. The van der Waals surface area contributed by atoms with Crippen molar-refractivity contribution in [2.45, 2.75) is 56.8 Å². The lowest BCUT2D eigenvalue weighted by Gasteiger charge is -2.40. The molecule has 0 spiro atoms. The van der Waals surface area contributed by atoms with Gasteiger partial charge in [-0.25, -0.2) is 8.78 Å². The van der Waals surface area contributed by atoms with Crippen LogP contribution in [0.15, 0.2) is 60.2 Å². The lowest BCUT2D eigenvalue weighted by atomic mass is 9.84. The summed E-state index contributed by atoms with van der Waals surface area (Å²) in [4.78, 5) is 16.3. The van der Waals surface area contributed by atoms with Crippen molar-refractivity contribution in [2.75, 3.05) is 19.8 Å². The maximum atomic E-state index is 14.3. The van der Waals surface area contributed by atoms with Gasteiger partial charge in [0.15, 0.2) is 11.6 Å². The van der Waals surface area contributed by atoms with Gasteiger partial charge in [0.1, 0.15) is 10.8 Å². The number of nitrogens with zero attached hydrogens (tertiary/aromatic N) is 1. The van der Waals surface area contributed by atoms with E-state index in [-0.39, 0.29) is 41.4 Å². The first-order valence-corrected chi connectivity index (χ1v) is 15.6. The van der Waals surface area contributed by atoms with Gasteiger partial charge in [-0.05, 0) is 72.6 Å². The van der Waals surface area contributed by atoms with Crippen molar-refractivity contribution in [3.05, 3.63) is 104 Å². The Kier molecular flexibility index (Phi) is 9.27. The topological polar surface area (TPSA) is 50.8 Å². The zero-order chi connectivity index (χ0) is 30.1. The van der Waals surface area contributed by atoms with Crippen molar-refractivity contribution in [3.8, 4) is 5.75 Å². The number of aryl methyl sites for hydroxylation is 1. The molecule has 2 aliphatic heterocycles. The number of benzene rings is 3. The fraction of sp³-hybridized carbons (Fsp3) is 0.364. The number of hydrogen-bond donors (Lipinski definition) is 1. The number of carbonyl (C=O) groups is 1. The molecule has 2 bridgehead atoms. The van der Waals surface area contributed by atoms with Gasteiger partial charge in [0, 0.05) is 24.2 Å². The predicted octanol–water partition coefficient (Wildman–Crippen LogP) is 7.64. The van der Waals surface area contributed by atoms with Crippen LogP contribution < -0.4 is 10.1 Å². The van der Waals surface area contributed by atoms with Crippen LogP contribution >= 0.6 is 34.8 Å². The molecule has 3 aliphatic rings. The molecule has 0 unspecified atom stereocenters. The number of fused-ring (bicyclic) bond motifs is 2. The number of rotatable bonds is 10. The minimum absolute atomic E-state index is 0.000501. The summed E-state index contributed by atoms with van der Waals surface area (Å²) in [6.45, 7) is 1.61. The highest BCUT2D eigenvalue weighted by atomic mass is 35.5. The van der Waals surface area contributed by atoms with E-state index >= 15 is 0 Å². The minimum atomic E-state index is -0.720. The molecule has 226 valence electrons. The molecule has 0 aromatic heterocycles. The highest BCUT2D eigenvalue weighted by molar-refractivity contribution is 6.42. The summed E-state index contributed by atoms with van der Waals surface area (Å²) in [6.07, 6.45) is 3.86. The van der Waals surface area contributed by atoms with E-state index in [0.29, 0.717) is 49.1 Å². The van der Waals surface area contributed by atoms with Crippen LogP contribution in [-0.4, -0.2) is 48.8 Å². The summed E-state index contributed by atoms with van der Waals surface area (Å²) in [5.74, 6) is -1.68. The molecule has 1 aliphatic carbocycles. The highest BCUT2D eigenvalue weighted by Crippen LogP contribution is 2.38. The Morgan fingerprint density at radius 2 is 1.74 bits per heavy atom. The van der Waals surface area contributed by atoms with E-state index in [1.807, 2.05) is 29.2 Å². The number of nitrogens with one attached hydrogen (secondary N) is 1. The van der Waals surface area contributed by atoms with Crippen molar-refractivity contribution in [2.24, 2.45) is 0 Å². The second-order valence-electron chi connectivity index (χ2n) is 11.2. The third-order valence-electron chi connectivity index (χ3n) is 8.18. The number of amides is 1. The summed E-state index contributed by atoms with van der Waals surface area (Å²) in [6, 6.07) is 15.8. The van der Waals surface area contributed by atoms with Crippen molar-refractivity contribution in [1.29, 1.82) is 0 Å². The van der Waals surface area contributed by atoms with Crippen LogP contribution in [0.25, 0.3) is 5.57 Å². The molecule has 43 heavy (non-hydrogen) atoms. The summed E-state index contributed by atoms with van der Waals surface area (Å²) >= 11 is 18.6. The molecule has 6 rings (SSSR count). The normalized spacial score (nSPS) is 19.8. The van der Waals surface area contributed by atoms with Crippen LogP contribution in [0.4, 0.5) is 8.78 Å². The zero-order valence-corrected chi connectivity index (χ0v) is 25.6. The Morgan fingerprint density at radius 1 is 0.977 bits per heavy atom. The molecule has 3 aromatic carbocycles. The molecule has 2 fully saturated rings. The van der Waals surface area contributed by atoms with Gasteiger partial charge < -0.3 is 19.7 Å². The molecule has 2 heterocycles. The maximum absolute atomic E-state index is 14.3. The van der Waals surface area contributed by atoms with Crippen molar-refractivity contribution in [3.63, 3.8) is 0 Å². The van der Waals surface area contributed by atoms with Gasteiger partial charge in [0.05, 0.1) is 35.9 Å². The minimum Gasteiger partial charge on any atom is -0.489 e. The fourth-order valence-electron chi connectivity index (χ4n) is 5.84. The average molecular weight is 648 g/mol. The molecule has 1 saturated heterocycles. The van der Waals surface area contributed by atoms with Gasteiger partial charge in [-0.2, -0.15) is 0 Å². The van der Waals surface area contributed by atoms with Crippen LogP contribution in [0.2, 0.25) is 15.1 Å². The number of halogens is 5. The van der Waals surface area contributed by atoms with Crippen LogP contribution in [0, 0.1) is 11.6 Å². The summed E-state index contributed by atoms with van der Waals surface area (Å²) in [7, 11) is 0. The lowest BCUT2D eigenvalue weighted by molar-refractivity contribution is -0.129. The van der Waals surface area contributed by atoms with Crippen molar-refractivity contribution < 1.29 is 23.0 Å². The first kappa shape index (κ1) is 30.4. The van der Waals surface area contributed by atoms with E-state index in [1.165, 1.54) is 0 Å². The smallest absolute Gasteiger partial charge is 0.252 e. The largest absolute Gasteiger partial charge is 0.489 e. The van der Waals surface area contributed by atoms with E-state index in [9.17, 15) is 13.6 Å². The monoisotopic (exact) mass is 646 g/mol. The predicted molar refractivity (Wildman–Crippen MR) is 165 cm³/mol. The summed E-state index contributed by atoms with van der Waals surface area (Å²) in [5.41, 5.74) is 4.69. The van der Waals surface area contributed by atoms with Gasteiger partial charge in [-0.15, -0.1) is 0 Å². The third kappa shape index (κ3) is 6.71. The van der Waals surface area contributed by atoms with E-state index < -0.39 is 11.6 Å². The molecule has 3 aromatic rings. The van der Waals surface area contributed by atoms with E-state index in [0.717, 1.165) is 52.8 Å². The SMILES string of the molecule is O=C(C1=C(c2ccc(CCCOc3c(F)ccc(F)c3Cl)cc2)C[C@H]2COC[C@H]1N2)N(Cc1cccc(Cl)c1Cl)C1CC1. The first-order chi connectivity index (χ1) is 20.8. The average Bonchev–Trinajstić information content (AvgIpc) is 3.85. The Hall–Kier alpha value is -2.68. The van der Waals surface area contributed by atoms with Crippen LogP contribution in [0.5, 0.6) is 5.75 Å². The number of ether oxygens (including phenoxy) is 2. The third-order valence-corrected chi connectivity index (χ3v) is 9.39. The molecule has 10 heteroatoms. The standard InChI is InChI=1S/C33H31Cl3F2N2O3/c34-25-5-1-4-21(30(25)35)16-40(23-10-11-23)33(41)29-24(15-22-17-42-18-28(29)39-22)20-8-6-19(7-9-20)3-2-14-43-32-27(38)13-12-26(37)31(32)36/h1,4-9,12-13,22-23,28,39H,2-3,10-11,14-18H2/t22-,28+/m0/s1. The van der Waals surface area contributed by atoms with Gasteiger partial charge in [0.2, 0.25) is 0 Å². The quantitative estimate of drug-likeness (QED) is 0.182. The Bertz CT molecular complexity index is 1550.